The Morgan fingerprint density at radius 3 is 2.11 bits per heavy atom. The third kappa shape index (κ3) is 7.98. The molecule has 2 aromatic rings. The lowest BCUT2D eigenvalue weighted by atomic mass is 9.99. The van der Waals surface area contributed by atoms with E-state index in [0.717, 1.165) is 5.56 Å². The van der Waals surface area contributed by atoms with Gasteiger partial charge in [0.05, 0.1) is 11.6 Å². The maximum absolute atomic E-state index is 13.4. The quantitative estimate of drug-likeness (QED) is 0.541. The molecule has 7 nitrogen and oxygen atoms in total. The summed E-state index contributed by atoms with van der Waals surface area (Å²) in [5.74, 6) is -0.472. The Morgan fingerprint density at radius 1 is 0.861 bits per heavy atom. The molecule has 36 heavy (non-hydrogen) atoms. The minimum absolute atomic E-state index is 0.124. The maximum Gasteiger partial charge on any atom is 0.255 e. The first-order valence-electron chi connectivity index (χ1n) is 12.5. The molecular weight excluding hydrogens is 478 g/mol. The first kappa shape index (κ1) is 27.5. The van der Waals surface area contributed by atoms with Gasteiger partial charge in [0.25, 0.3) is 5.91 Å². The van der Waals surface area contributed by atoms with Gasteiger partial charge in [-0.1, -0.05) is 69.6 Å². The zero-order valence-corrected chi connectivity index (χ0v) is 22.1. The third-order valence-electron chi connectivity index (χ3n) is 5.97. The molecule has 0 saturated heterocycles. The average Bonchev–Trinajstić information content (AvgIpc) is 2.81. The lowest BCUT2D eigenvalue weighted by Gasteiger charge is -2.26. The summed E-state index contributed by atoms with van der Waals surface area (Å²) in [5, 5.41) is 9.24. The van der Waals surface area contributed by atoms with Crippen molar-refractivity contribution in [1.82, 2.24) is 16.0 Å². The van der Waals surface area contributed by atoms with Gasteiger partial charge in [0.2, 0.25) is 11.8 Å². The summed E-state index contributed by atoms with van der Waals surface area (Å²) in [6.45, 7) is 8.07. The Bertz CT molecular complexity index is 1060. The molecule has 0 unspecified atom stereocenters. The van der Waals surface area contributed by atoms with Crippen molar-refractivity contribution in [3.05, 3.63) is 64.7 Å². The van der Waals surface area contributed by atoms with Crippen LogP contribution in [0.25, 0.3) is 0 Å². The van der Waals surface area contributed by atoms with Crippen LogP contribution < -0.4 is 20.7 Å². The summed E-state index contributed by atoms with van der Waals surface area (Å²) in [6.07, 6.45) is 1.41. The van der Waals surface area contributed by atoms with Gasteiger partial charge in [-0.25, -0.2) is 0 Å². The summed E-state index contributed by atoms with van der Waals surface area (Å²) in [4.78, 5) is 40.0. The number of ether oxygens (including phenoxy) is 1. The number of carbonyl (C=O) groups is 3. The van der Waals surface area contributed by atoms with Crippen molar-refractivity contribution in [1.29, 1.82) is 0 Å². The van der Waals surface area contributed by atoms with Crippen LogP contribution in [0, 0.1) is 11.8 Å². The second-order valence-corrected chi connectivity index (χ2v) is 10.6. The molecule has 0 radical (unpaired) electrons. The summed E-state index contributed by atoms with van der Waals surface area (Å²) in [5.41, 5.74) is 1.31. The van der Waals surface area contributed by atoms with Gasteiger partial charge >= 0.3 is 0 Å². The Labute approximate surface area is 218 Å². The van der Waals surface area contributed by atoms with E-state index in [2.05, 4.69) is 16.0 Å². The molecule has 0 bridgehead atoms. The molecule has 0 saturated carbocycles. The SMILES string of the molecule is CC(C)C[C@@H]1NC(=O)c2ccc(Cl)cc2OC[C@H](Cc2ccccc2)NC(=O)[C@H](CC(C)C)NC1=O. The molecule has 3 atom stereocenters. The molecule has 3 N–H and O–H groups in total. The van der Waals surface area contributed by atoms with Crippen LogP contribution in [-0.2, 0) is 16.0 Å². The number of amides is 3. The van der Waals surface area contributed by atoms with Crippen LogP contribution in [0.5, 0.6) is 5.75 Å². The van der Waals surface area contributed by atoms with E-state index in [1.54, 1.807) is 18.2 Å². The summed E-state index contributed by atoms with van der Waals surface area (Å²) < 4.78 is 6.08. The first-order chi connectivity index (χ1) is 17.1. The second kappa shape index (κ2) is 12.8. The molecule has 8 heteroatoms. The lowest BCUT2D eigenvalue weighted by molar-refractivity contribution is -0.131. The molecule has 1 heterocycles. The van der Waals surface area contributed by atoms with Crippen LogP contribution in [0.2, 0.25) is 5.02 Å². The van der Waals surface area contributed by atoms with Crippen LogP contribution >= 0.6 is 11.6 Å². The summed E-state index contributed by atoms with van der Waals surface area (Å²) in [6, 6.07) is 12.6. The van der Waals surface area contributed by atoms with Gasteiger partial charge in [-0.15, -0.1) is 0 Å². The van der Waals surface area contributed by atoms with Gasteiger partial charge in [-0.3, -0.25) is 14.4 Å². The van der Waals surface area contributed by atoms with E-state index in [1.165, 1.54) is 0 Å². The number of hydrogen-bond donors (Lipinski definition) is 3. The van der Waals surface area contributed by atoms with Gasteiger partial charge in [0.15, 0.2) is 0 Å². The van der Waals surface area contributed by atoms with Crippen LogP contribution in [0.1, 0.15) is 56.5 Å². The predicted octanol–water partition coefficient (Wildman–Crippen LogP) is 4.14. The van der Waals surface area contributed by atoms with Crippen molar-refractivity contribution in [2.75, 3.05) is 6.61 Å². The van der Waals surface area contributed by atoms with Crippen LogP contribution in [0.3, 0.4) is 0 Å². The Kier molecular flexibility index (Phi) is 9.76. The van der Waals surface area contributed by atoms with E-state index < -0.39 is 24.0 Å². The van der Waals surface area contributed by atoms with Crippen molar-refractivity contribution >= 4 is 29.3 Å². The smallest absolute Gasteiger partial charge is 0.255 e. The standard InChI is InChI=1S/C28H36ClN3O4/c1-17(2)12-23-27(34)30-21(14-19-8-6-5-7-9-19)16-36-25-15-20(29)10-11-22(25)26(33)31-24(13-18(3)4)28(35)32-23/h5-11,15,17-18,21,23-24H,12-14,16H2,1-4H3,(H,30,34)(H,31,33)(H,32,35)/t21-,23-,24-/m0/s1. The van der Waals surface area contributed by atoms with Crippen molar-refractivity contribution < 1.29 is 19.1 Å². The number of rotatable bonds is 6. The minimum atomic E-state index is -0.802. The maximum atomic E-state index is 13.4. The second-order valence-electron chi connectivity index (χ2n) is 10.2. The van der Waals surface area contributed by atoms with Crippen molar-refractivity contribution in [3.8, 4) is 5.75 Å². The van der Waals surface area contributed by atoms with E-state index in [-0.39, 0.29) is 35.8 Å². The number of fused-ring (bicyclic) bond motifs is 1. The molecule has 1 aliphatic rings. The monoisotopic (exact) mass is 513 g/mol. The highest BCUT2D eigenvalue weighted by atomic mass is 35.5. The molecule has 0 fully saturated rings. The number of hydrogen-bond acceptors (Lipinski definition) is 4. The summed E-state index contributed by atoms with van der Waals surface area (Å²) in [7, 11) is 0. The number of nitrogens with one attached hydrogen (secondary N) is 3. The van der Waals surface area contributed by atoms with E-state index in [9.17, 15) is 14.4 Å². The lowest BCUT2D eigenvalue weighted by Crippen LogP contribution is -2.56. The Morgan fingerprint density at radius 2 is 1.47 bits per heavy atom. The van der Waals surface area contributed by atoms with Gasteiger partial charge in [-0.05, 0) is 54.9 Å². The fourth-order valence-corrected chi connectivity index (χ4v) is 4.42. The molecule has 2 aromatic carbocycles. The van der Waals surface area contributed by atoms with Gasteiger partial charge in [-0.2, -0.15) is 0 Å². The molecule has 3 rings (SSSR count). The highest BCUT2D eigenvalue weighted by Crippen LogP contribution is 2.25. The third-order valence-corrected chi connectivity index (χ3v) is 6.20. The molecule has 0 aromatic heterocycles. The van der Waals surface area contributed by atoms with Gasteiger partial charge in [0, 0.05) is 5.02 Å². The molecule has 194 valence electrons. The molecule has 1 aliphatic heterocycles. The average molecular weight is 514 g/mol. The Hall–Kier alpha value is -3.06. The molecular formula is C28H36ClN3O4. The minimum Gasteiger partial charge on any atom is -0.491 e. The zero-order chi connectivity index (χ0) is 26.2. The van der Waals surface area contributed by atoms with Crippen molar-refractivity contribution in [2.24, 2.45) is 11.8 Å². The van der Waals surface area contributed by atoms with E-state index >= 15 is 0 Å². The van der Waals surface area contributed by atoms with Crippen LogP contribution in [-0.4, -0.2) is 42.5 Å². The summed E-state index contributed by atoms with van der Waals surface area (Å²) >= 11 is 6.21. The normalized spacial score (nSPS) is 21.3. The fraction of sp³-hybridized carbons (Fsp3) is 0.464. The van der Waals surface area contributed by atoms with Crippen molar-refractivity contribution in [3.63, 3.8) is 0 Å². The Balaban J connectivity index is 1.99. The number of benzene rings is 2. The topological polar surface area (TPSA) is 96.5 Å². The first-order valence-corrected chi connectivity index (χ1v) is 12.9. The molecule has 0 aliphatic carbocycles. The number of halogens is 1. The fourth-order valence-electron chi connectivity index (χ4n) is 4.26. The van der Waals surface area contributed by atoms with Crippen LogP contribution in [0.4, 0.5) is 0 Å². The number of carbonyl (C=O) groups excluding carboxylic acids is 3. The van der Waals surface area contributed by atoms with Gasteiger partial charge in [0.1, 0.15) is 24.4 Å². The predicted molar refractivity (Wildman–Crippen MR) is 141 cm³/mol. The van der Waals surface area contributed by atoms with Gasteiger partial charge < -0.3 is 20.7 Å². The highest BCUT2D eigenvalue weighted by molar-refractivity contribution is 6.30. The highest BCUT2D eigenvalue weighted by Gasteiger charge is 2.30. The van der Waals surface area contributed by atoms with E-state index in [0.29, 0.717) is 30.0 Å². The largest absolute Gasteiger partial charge is 0.491 e. The van der Waals surface area contributed by atoms with E-state index in [1.807, 2.05) is 58.0 Å². The zero-order valence-electron chi connectivity index (χ0n) is 21.3. The van der Waals surface area contributed by atoms with Crippen LogP contribution in [0.15, 0.2) is 48.5 Å². The molecule has 0 spiro atoms. The van der Waals surface area contributed by atoms with E-state index in [4.69, 9.17) is 16.3 Å². The molecule has 3 amide bonds. The van der Waals surface area contributed by atoms with Crippen molar-refractivity contribution in [2.45, 2.75) is 65.1 Å².